The summed E-state index contributed by atoms with van der Waals surface area (Å²) in [5.41, 5.74) is 1.90. The SMILES string of the molecule is Cc1ccc(S(=O)(=O)N(CC(=O)N(Cc2ccccc2Cl)[C@H](C)C(=O)NC(C)C)c2ccccc2)cc1. The van der Waals surface area contributed by atoms with Crippen LogP contribution in [0.15, 0.2) is 83.8 Å². The van der Waals surface area contributed by atoms with Crippen LogP contribution in [-0.4, -0.2) is 43.8 Å². The van der Waals surface area contributed by atoms with Crippen molar-refractivity contribution in [2.24, 2.45) is 0 Å². The second-order valence-electron chi connectivity index (χ2n) is 9.11. The summed E-state index contributed by atoms with van der Waals surface area (Å²) < 4.78 is 28.5. The smallest absolute Gasteiger partial charge is 0.264 e. The fourth-order valence-electron chi connectivity index (χ4n) is 3.76. The Morgan fingerprint density at radius 1 is 0.892 bits per heavy atom. The first-order valence-corrected chi connectivity index (χ1v) is 13.8. The Morgan fingerprint density at radius 3 is 2.08 bits per heavy atom. The highest BCUT2D eigenvalue weighted by molar-refractivity contribution is 7.92. The number of aryl methyl sites for hydroxylation is 1. The molecule has 2 amide bonds. The lowest BCUT2D eigenvalue weighted by Gasteiger charge is -2.32. The Morgan fingerprint density at radius 2 is 1.49 bits per heavy atom. The summed E-state index contributed by atoms with van der Waals surface area (Å²) in [5.74, 6) is -0.881. The number of nitrogens with zero attached hydrogens (tertiary/aromatic N) is 2. The molecule has 0 heterocycles. The largest absolute Gasteiger partial charge is 0.352 e. The van der Waals surface area contributed by atoms with Gasteiger partial charge in [0.1, 0.15) is 12.6 Å². The van der Waals surface area contributed by atoms with Crippen LogP contribution in [0.1, 0.15) is 31.9 Å². The number of nitrogens with one attached hydrogen (secondary N) is 1. The van der Waals surface area contributed by atoms with Crippen LogP contribution < -0.4 is 9.62 Å². The predicted octanol–water partition coefficient (Wildman–Crippen LogP) is 4.79. The van der Waals surface area contributed by atoms with Crippen molar-refractivity contribution in [1.29, 1.82) is 0 Å². The molecule has 0 radical (unpaired) electrons. The van der Waals surface area contributed by atoms with Gasteiger partial charge in [-0.1, -0.05) is 65.7 Å². The lowest BCUT2D eigenvalue weighted by molar-refractivity contribution is -0.139. The number of rotatable bonds is 10. The summed E-state index contributed by atoms with van der Waals surface area (Å²) in [7, 11) is -4.09. The predicted molar refractivity (Wildman–Crippen MR) is 147 cm³/mol. The fraction of sp³-hybridized carbons (Fsp3) is 0.286. The Balaban J connectivity index is 2.01. The first kappa shape index (κ1) is 28.2. The summed E-state index contributed by atoms with van der Waals surface area (Å²) in [6.07, 6.45) is 0. The lowest BCUT2D eigenvalue weighted by Crippen LogP contribution is -2.52. The van der Waals surface area contributed by atoms with Crippen molar-refractivity contribution in [1.82, 2.24) is 10.2 Å². The number of amides is 2. The van der Waals surface area contributed by atoms with Crippen LogP contribution >= 0.6 is 11.6 Å². The number of hydrogen-bond donors (Lipinski definition) is 1. The molecule has 0 aromatic heterocycles. The molecule has 0 aliphatic heterocycles. The summed E-state index contributed by atoms with van der Waals surface area (Å²) >= 11 is 6.36. The van der Waals surface area contributed by atoms with E-state index in [1.807, 2.05) is 20.8 Å². The van der Waals surface area contributed by atoms with Crippen LogP contribution in [0.4, 0.5) is 5.69 Å². The van der Waals surface area contributed by atoms with Gasteiger partial charge in [0.05, 0.1) is 10.6 Å². The van der Waals surface area contributed by atoms with Crippen molar-refractivity contribution >= 4 is 39.1 Å². The summed E-state index contributed by atoms with van der Waals surface area (Å²) in [4.78, 5) is 28.1. The van der Waals surface area contributed by atoms with E-state index in [0.717, 1.165) is 9.87 Å². The van der Waals surface area contributed by atoms with E-state index < -0.39 is 28.5 Å². The Hall–Kier alpha value is -3.36. The molecule has 1 N–H and O–H groups in total. The van der Waals surface area contributed by atoms with Crippen molar-refractivity contribution < 1.29 is 18.0 Å². The van der Waals surface area contributed by atoms with Gasteiger partial charge in [0, 0.05) is 17.6 Å². The quantitative estimate of drug-likeness (QED) is 0.400. The number of para-hydroxylation sites is 1. The van der Waals surface area contributed by atoms with Gasteiger partial charge in [-0.15, -0.1) is 0 Å². The van der Waals surface area contributed by atoms with Gasteiger partial charge in [0.2, 0.25) is 11.8 Å². The molecule has 0 unspecified atom stereocenters. The molecule has 0 aliphatic carbocycles. The van der Waals surface area contributed by atoms with E-state index in [4.69, 9.17) is 11.6 Å². The summed E-state index contributed by atoms with van der Waals surface area (Å²) in [5, 5.41) is 3.28. The van der Waals surface area contributed by atoms with Crippen LogP contribution in [0.25, 0.3) is 0 Å². The average molecular weight is 542 g/mol. The molecule has 0 fully saturated rings. The fourth-order valence-corrected chi connectivity index (χ4v) is 5.37. The second-order valence-corrected chi connectivity index (χ2v) is 11.4. The van der Waals surface area contributed by atoms with Gasteiger partial charge in [0.15, 0.2) is 0 Å². The summed E-state index contributed by atoms with van der Waals surface area (Å²) in [6.45, 7) is 6.69. The summed E-state index contributed by atoms with van der Waals surface area (Å²) in [6, 6.07) is 20.9. The van der Waals surface area contributed by atoms with E-state index in [0.29, 0.717) is 16.3 Å². The number of anilines is 1. The normalized spacial score (nSPS) is 12.2. The molecule has 0 bridgehead atoms. The number of halogens is 1. The van der Waals surface area contributed by atoms with Gasteiger partial charge >= 0.3 is 0 Å². The lowest BCUT2D eigenvalue weighted by atomic mass is 10.1. The molecule has 9 heteroatoms. The number of carbonyl (C=O) groups is 2. The molecule has 3 rings (SSSR count). The van der Waals surface area contributed by atoms with E-state index in [1.165, 1.54) is 17.0 Å². The van der Waals surface area contributed by atoms with Crippen LogP contribution in [0.2, 0.25) is 5.02 Å². The number of hydrogen-bond acceptors (Lipinski definition) is 4. The van der Waals surface area contributed by atoms with Crippen molar-refractivity contribution in [3.05, 3.63) is 95.0 Å². The highest BCUT2D eigenvalue weighted by Gasteiger charge is 2.32. The average Bonchev–Trinajstić information content (AvgIpc) is 2.86. The van der Waals surface area contributed by atoms with E-state index in [1.54, 1.807) is 73.7 Å². The highest BCUT2D eigenvalue weighted by Crippen LogP contribution is 2.25. The first-order valence-electron chi connectivity index (χ1n) is 12.0. The van der Waals surface area contributed by atoms with E-state index in [-0.39, 0.29) is 23.4 Å². The third-order valence-electron chi connectivity index (χ3n) is 5.83. The molecule has 3 aromatic rings. The first-order chi connectivity index (χ1) is 17.5. The maximum Gasteiger partial charge on any atom is 0.264 e. The molecular formula is C28H32ClN3O4S. The van der Waals surface area contributed by atoms with Crippen molar-refractivity contribution in [3.63, 3.8) is 0 Å². The van der Waals surface area contributed by atoms with Crippen LogP contribution in [0.5, 0.6) is 0 Å². The zero-order chi connectivity index (χ0) is 27.2. The van der Waals surface area contributed by atoms with E-state index >= 15 is 0 Å². The van der Waals surface area contributed by atoms with Crippen molar-refractivity contribution in [3.8, 4) is 0 Å². The van der Waals surface area contributed by atoms with Gasteiger partial charge in [-0.2, -0.15) is 0 Å². The molecule has 1 atom stereocenters. The zero-order valence-electron chi connectivity index (χ0n) is 21.4. The maximum atomic E-state index is 13.8. The topological polar surface area (TPSA) is 86.8 Å². The second kappa shape index (κ2) is 12.3. The van der Waals surface area contributed by atoms with E-state index in [2.05, 4.69) is 5.32 Å². The van der Waals surface area contributed by atoms with Crippen molar-refractivity contribution in [2.75, 3.05) is 10.8 Å². The molecule has 0 spiro atoms. The standard InChI is InChI=1S/C28H32ClN3O4S/c1-20(2)30-28(34)22(4)31(18-23-10-8-9-13-26(23)29)27(33)19-32(24-11-6-5-7-12-24)37(35,36)25-16-14-21(3)15-17-25/h5-17,20,22H,18-19H2,1-4H3,(H,30,34)/t22-/m1/s1. The molecular weight excluding hydrogens is 510 g/mol. The van der Waals surface area contributed by atoms with Gasteiger partial charge in [0.25, 0.3) is 10.0 Å². The van der Waals surface area contributed by atoms with Crippen LogP contribution in [0.3, 0.4) is 0 Å². The highest BCUT2D eigenvalue weighted by atomic mass is 35.5. The molecule has 196 valence electrons. The molecule has 0 saturated heterocycles. The number of benzene rings is 3. The van der Waals surface area contributed by atoms with Crippen LogP contribution in [-0.2, 0) is 26.2 Å². The van der Waals surface area contributed by atoms with Gasteiger partial charge in [-0.25, -0.2) is 8.42 Å². The maximum absolute atomic E-state index is 13.8. The minimum absolute atomic E-state index is 0.0401. The number of carbonyl (C=O) groups excluding carboxylic acids is 2. The molecule has 0 aliphatic rings. The third-order valence-corrected chi connectivity index (χ3v) is 7.99. The molecule has 3 aromatic carbocycles. The minimum Gasteiger partial charge on any atom is -0.352 e. The Kier molecular flexibility index (Phi) is 9.34. The molecule has 37 heavy (non-hydrogen) atoms. The van der Waals surface area contributed by atoms with E-state index in [9.17, 15) is 18.0 Å². The minimum atomic E-state index is -4.09. The molecule has 0 saturated carbocycles. The zero-order valence-corrected chi connectivity index (χ0v) is 23.0. The Labute approximate surface area is 224 Å². The van der Waals surface area contributed by atoms with Gasteiger partial charge in [-0.05, 0) is 63.6 Å². The Bertz CT molecular complexity index is 1330. The van der Waals surface area contributed by atoms with Gasteiger partial charge in [-0.3, -0.25) is 13.9 Å². The third kappa shape index (κ3) is 7.11. The van der Waals surface area contributed by atoms with Crippen LogP contribution in [0, 0.1) is 6.92 Å². The monoisotopic (exact) mass is 541 g/mol. The molecule has 7 nitrogen and oxygen atoms in total. The van der Waals surface area contributed by atoms with Crippen molar-refractivity contribution in [2.45, 2.75) is 51.2 Å². The number of sulfonamides is 1. The van der Waals surface area contributed by atoms with Gasteiger partial charge < -0.3 is 10.2 Å².